The number of hydrogen-bond donors (Lipinski definition) is 1. The molecule has 0 unspecified atom stereocenters. The van der Waals surface area contributed by atoms with Gasteiger partial charge in [0.05, 0.1) is 5.56 Å². The van der Waals surface area contributed by atoms with E-state index in [1.165, 1.54) is 0 Å². The van der Waals surface area contributed by atoms with Crippen LogP contribution in [0.25, 0.3) is 0 Å². The zero-order chi connectivity index (χ0) is 14.0. The smallest absolute Gasteiger partial charge is 0.257 e. The topological polar surface area (TPSA) is 59.5 Å². The molecule has 1 saturated carbocycles. The second-order valence-electron chi connectivity index (χ2n) is 5.49. The van der Waals surface area contributed by atoms with Crippen LogP contribution >= 0.6 is 0 Å². The summed E-state index contributed by atoms with van der Waals surface area (Å²) in [4.78, 5) is 14.6. The van der Waals surface area contributed by atoms with Gasteiger partial charge in [-0.25, -0.2) is 0 Å². The number of furan rings is 1. The predicted molar refractivity (Wildman–Crippen MR) is 75.1 cm³/mol. The van der Waals surface area contributed by atoms with E-state index in [4.69, 9.17) is 10.2 Å². The maximum Gasteiger partial charge on any atom is 0.257 e. The highest BCUT2D eigenvalue weighted by Crippen LogP contribution is 2.25. The van der Waals surface area contributed by atoms with Gasteiger partial charge in [0.15, 0.2) is 0 Å². The van der Waals surface area contributed by atoms with Crippen molar-refractivity contribution in [1.29, 1.82) is 0 Å². The molecule has 0 bridgehead atoms. The average Bonchev–Trinajstić information content (AvgIpc) is 2.71. The molecule has 106 valence electrons. The molecule has 1 amide bonds. The molecule has 1 aliphatic carbocycles. The Bertz CT molecular complexity index is 445. The van der Waals surface area contributed by atoms with Gasteiger partial charge in [0.2, 0.25) is 0 Å². The molecular weight excluding hydrogens is 240 g/mol. The van der Waals surface area contributed by atoms with Gasteiger partial charge >= 0.3 is 0 Å². The molecule has 0 saturated heterocycles. The van der Waals surface area contributed by atoms with Crippen molar-refractivity contribution in [2.24, 2.45) is 5.73 Å². The number of aryl methyl sites for hydroxylation is 2. The molecule has 4 nitrogen and oxygen atoms in total. The number of nitrogens with two attached hydrogens (primary N) is 1. The van der Waals surface area contributed by atoms with Gasteiger partial charge in [-0.3, -0.25) is 4.79 Å². The number of nitrogens with zero attached hydrogens (tertiary/aromatic N) is 1. The Hall–Kier alpha value is -1.29. The molecule has 2 N–H and O–H groups in total. The summed E-state index contributed by atoms with van der Waals surface area (Å²) in [6.45, 7) is 6.50. The highest BCUT2D eigenvalue weighted by Gasteiger charge is 2.28. The summed E-state index contributed by atoms with van der Waals surface area (Å²) in [6.07, 6.45) is 4.04. The SMILES string of the molecule is CCN(C(=O)c1cc(C)oc1C)C1CCC(N)CC1. The van der Waals surface area contributed by atoms with Crippen molar-refractivity contribution in [1.82, 2.24) is 4.90 Å². The third-order valence-corrected chi connectivity index (χ3v) is 4.06. The van der Waals surface area contributed by atoms with Gasteiger partial charge in [-0.15, -0.1) is 0 Å². The fourth-order valence-corrected chi connectivity index (χ4v) is 2.98. The predicted octanol–water partition coefficient (Wildman–Crippen LogP) is 2.63. The Morgan fingerprint density at radius 2 is 2.00 bits per heavy atom. The maximum absolute atomic E-state index is 12.6. The molecule has 19 heavy (non-hydrogen) atoms. The highest BCUT2D eigenvalue weighted by atomic mass is 16.3. The summed E-state index contributed by atoms with van der Waals surface area (Å²) < 4.78 is 5.47. The van der Waals surface area contributed by atoms with Crippen molar-refractivity contribution in [2.45, 2.75) is 58.5 Å². The van der Waals surface area contributed by atoms with Crippen LogP contribution in [0.4, 0.5) is 0 Å². The van der Waals surface area contributed by atoms with E-state index in [0.717, 1.165) is 38.0 Å². The first kappa shape index (κ1) is 14.1. The standard InChI is InChI=1S/C15H24N2O2/c1-4-17(13-7-5-12(16)6-8-13)15(18)14-9-10(2)19-11(14)3/h9,12-13H,4-8,16H2,1-3H3. The largest absolute Gasteiger partial charge is 0.466 e. The lowest BCUT2D eigenvalue weighted by atomic mass is 9.90. The first-order valence-corrected chi connectivity index (χ1v) is 7.16. The molecule has 0 aliphatic heterocycles. The molecular formula is C15H24N2O2. The number of amides is 1. The Balaban J connectivity index is 2.13. The van der Waals surface area contributed by atoms with Crippen molar-refractivity contribution < 1.29 is 9.21 Å². The fraction of sp³-hybridized carbons (Fsp3) is 0.667. The van der Waals surface area contributed by atoms with E-state index in [1.54, 1.807) is 0 Å². The average molecular weight is 264 g/mol. The fourth-order valence-electron chi connectivity index (χ4n) is 2.98. The molecule has 1 aromatic rings. The zero-order valence-electron chi connectivity index (χ0n) is 12.1. The lowest BCUT2D eigenvalue weighted by Crippen LogP contribution is -2.44. The number of hydrogen-bond acceptors (Lipinski definition) is 3. The minimum atomic E-state index is 0.0947. The lowest BCUT2D eigenvalue weighted by molar-refractivity contribution is 0.0639. The quantitative estimate of drug-likeness (QED) is 0.913. The minimum Gasteiger partial charge on any atom is -0.466 e. The molecule has 0 radical (unpaired) electrons. The van der Waals surface area contributed by atoms with Gasteiger partial charge in [-0.05, 0) is 52.5 Å². The van der Waals surface area contributed by atoms with E-state index in [2.05, 4.69) is 0 Å². The summed E-state index contributed by atoms with van der Waals surface area (Å²) in [5.41, 5.74) is 6.64. The van der Waals surface area contributed by atoms with E-state index >= 15 is 0 Å². The van der Waals surface area contributed by atoms with Crippen LogP contribution in [-0.2, 0) is 0 Å². The van der Waals surface area contributed by atoms with Crippen molar-refractivity contribution >= 4 is 5.91 Å². The van der Waals surface area contributed by atoms with Crippen LogP contribution in [0.2, 0.25) is 0 Å². The second-order valence-corrected chi connectivity index (χ2v) is 5.49. The molecule has 2 rings (SSSR count). The maximum atomic E-state index is 12.6. The summed E-state index contributed by atoms with van der Waals surface area (Å²) in [6, 6.07) is 2.48. The van der Waals surface area contributed by atoms with Crippen molar-refractivity contribution in [2.75, 3.05) is 6.54 Å². The van der Waals surface area contributed by atoms with Crippen molar-refractivity contribution in [3.63, 3.8) is 0 Å². The Morgan fingerprint density at radius 3 is 2.47 bits per heavy atom. The van der Waals surface area contributed by atoms with Crippen molar-refractivity contribution in [3.05, 3.63) is 23.2 Å². The van der Waals surface area contributed by atoms with Crippen LogP contribution < -0.4 is 5.73 Å². The van der Waals surface area contributed by atoms with E-state index in [-0.39, 0.29) is 5.91 Å². The lowest BCUT2D eigenvalue weighted by Gasteiger charge is -2.35. The number of rotatable bonds is 3. The van der Waals surface area contributed by atoms with Crippen LogP contribution in [0, 0.1) is 13.8 Å². The van der Waals surface area contributed by atoms with Gasteiger partial charge < -0.3 is 15.1 Å². The Morgan fingerprint density at radius 1 is 1.37 bits per heavy atom. The van der Waals surface area contributed by atoms with Crippen LogP contribution in [-0.4, -0.2) is 29.4 Å². The molecule has 1 aromatic heterocycles. The zero-order valence-corrected chi connectivity index (χ0v) is 12.1. The van der Waals surface area contributed by atoms with Gasteiger partial charge in [0, 0.05) is 18.6 Å². The van der Waals surface area contributed by atoms with Crippen LogP contribution in [0.3, 0.4) is 0 Å². The molecule has 1 heterocycles. The van der Waals surface area contributed by atoms with Gasteiger partial charge in [0.25, 0.3) is 5.91 Å². The van der Waals surface area contributed by atoms with E-state index in [1.807, 2.05) is 31.7 Å². The van der Waals surface area contributed by atoms with E-state index in [9.17, 15) is 4.79 Å². The number of carbonyl (C=O) groups is 1. The Labute approximate surface area is 114 Å². The van der Waals surface area contributed by atoms with Crippen molar-refractivity contribution in [3.8, 4) is 0 Å². The van der Waals surface area contributed by atoms with Gasteiger partial charge in [0.1, 0.15) is 11.5 Å². The van der Waals surface area contributed by atoms with E-state index < -0.39 is 0 Å². The summed E-state index contributed by atoms with van der Waals surface area (Å²) >= 11 is 0. The first-order valence-electron chi connectivity index (χ1n) is 7.16. The molecule has 4 heteroatoms. The van der Waals surface area contributed by atoms with Gasteiger partial charge in [-0.1, -0.05) is 0 Å². The molecule has 1 aliphatic rings. The molecule has 1 fully saturated rings. The van der Waals surface area contributed by atoms with Crippen LogP contribution in [0.1, 0.15) is 54.5 Å². The third kappa shape index (κ3) is 3.00. The Kier molecular flexibility index (Phi) is 4.30. The second kappa shape index (κ2) is 5.78. The van der Waals surface area contributed by atoms with E-state index in [0.29, 0.717) is 23.4 Å². The highest BCUT2D eigenvalue weighted by molar-refractivity contribution is 5.95. The monoisotopic (exact) mass is 264 g/mol. The van der Waals surface area contributed by atoms with Gasteiger partial charge in [-0.2, -0.15) is 0 Å². The van der Waals surface area contributed by atoms with Crippen LogP contribution in [0.15, 0.2) is 10.5 Å². The summed E-state index contributed by atoms with van der Waals surface area (Å²) in [5.74, 6) is 1.60. The molecule has 0 aromatic carbocycles. The number of carbonyl (C=O) groups excluding carboxylic acids is 1. The minimum absolute atomic E-state index is 0.0947. The molecule has 0 atom stereocenters. The third-order valence-electron chi connectivity index (χ3n) is 4.06. The molecule has 0 spiro atoms. The van der Waals surface area contributed by atoms with Crippen LogP contribution in [0.5, 0.6) is 0 Å². The summed E-state index contributed by atoms with van der Waals surface area (Å²) in [7, 11) is 0. The first-order chi connectivity index (χ1) is 9.02. The summed E-state index contributed by atoms with van der Waals surface area (Å²) in [5, 5.41) is 0. The normalized spacial score (nSPS) is 23.4.